The SMILES string of the molecule is CCN(c1c(C)cc(Br)cc1C)[Si](C)(C)C1C(C)C(C)C2C=CSC21. The number of rotatable bonds is 4. The third kappa shape index (κ3) is 3.17. The quantitative estimate of drug-likeness (QED) is 0.466. The van der Waals surface area contributed by atoms with E-state index in [9.17, 15) is 0 Å². The molecule has 25 heavy (non-hydrogen) atoms. The summed E-state index contributed by atoms with van der Waals surface area (Å²) < 4.78 is 4.01. The van der Waals surface area contributed by atoms with Gasteiger partial charge in [-0.05, 0) is 72.7 Å². The van der Waals surface area contributed by atoms with E-state index in [-0.39, 0.29) is 0 Å². The smallest absolute Gasteiger partial charge is 0.154 e. The van der Waals surface area contributed by atoms with Gasteiger partial charge in [-0.15, -0.1) is 11.8 Å². The van der Waals surface area contributed by atoms with E-state index >= 15 is 0 Å². The number of hydrogen-bond donors (Lipinski definition) is 0. The first-order chi connectivity index (χ1) is 11.7. The van der Waals surface area contributed by atoms with Gasteiger partial charge in [-0.3, -0.25) is 0 Å². The van der Waals surface area contributed by atoms with Gasteiger partial charge < -0.3 is 4.57 Å². The average molecular weight is 439 g/mol. The number of nitrogens with zero attached hydrogens (tertiary/aromatic N) is 1. The van der Waals surface area contributed by atoms with Crippen molar-refractivity contribution >= 4 is 41.6 Å². The van der Waals surface area contributed by atoms with Crippen molar-refractivity contribution in [3.63, 3.8) is 0 Å². The number of thioether (sulfide) groups is 1. The fraction of sp³-hybridized carbons (Fsp3) is 0.619. The van der Waals surface area contributed by atoms with Crippen LogP contribution >= 0.6 is 27.7 Å². The van der Waals surface area contributed by atoms with E-state index in [2.05, 4.69) is 104 Å². The molecule has 1 aliphatic carbocycles. The molecule has 0 aromatic heterocycles. The summed E-state index contributed by atoms with van der Waals surface area (Å²) in [5.41, 5.74) is 5.13. The van der Waals surface area contributed by atoms with E-state index in [0.717, 1.165) is 35.1 Å². The summed E-state index contributed by atoms with van der Waals surface area (Å²) >= 11 is 5.78. The van der Waals surface area contributed by atoms with Gasteiger partial charge in [0.15, 0.2) is 8.24 Å². The third-order valence-electron chi connectivity index (χ3n) is 6.83. The summed E-state index contributed by atoms with van der Waals surface area (Å²) in [6.07, 6.45) is 2.49. The fourth-order valence-corrected chi connectivity index (χ4v) is 13.6. The van der Waals surface area contributed by atoms with Gasteiger partial charge in [0, 0.05) is 22.0 Å². The van der Waals surface area contributed by atoms with E-state index < -0.39 is 8.24 Å². The summed E-state index contributed by atoms with van der Waals surface area (Å²) in [6, 6.07) is 4.57. The van der Waals surface area contributed by atoms with E-state index in [1.165, 1.54) is 21.3 Å². The average Bonchev–Trinajstić information content (AvgIpc) is 3.06. The second kappa shape index (κ2) is 7.08. The molecule has 4 heteroatoms. The lowest BCUT2D eigenvalue weighted by molar-refractivity contribution is 0.405. The molecule has 1 fully saturated rings. The highest BCUT2D eigenvalue weighted by Crippen LogP contribution is 2.59. The molecule has 0 bridgehead atoms. The highest BCUT2D eigenvalue weighted by molar-refractivity contribution is 9.10. The van der Waals surface area contributed by atoms with Crippen molar-refractivity contribution in [2.45, 2.75) is 58.5 Å². The lowest BCUT2D eigenvalue weighted by Crippen LogP contribution is -2.55. The lowest BCUT2D eigenvalue weighted by atomic mass is 9.93. The van der Waals surface area contributed by atoms with Crippen LogP contribution in [0.5, 0.6) is 0 Å². The van der Waals surface area contributed by atoms with Crippen molar-refractivity contribution in [1.82, 2.24) is 0 Å². The van der Waals surface area contributed by atoms with Gasteiger partial charge in [-0.1, -0.05) is 48.9 Å². The van der Waals surface area contributed by atoms with Gasteiger partial charge in [0.25, 0.3) is 0 Å². The van der Waals surface area contributed by atoms with Crippen LogP contribution in [0.4, 0.5) is 5.69 Å². The standard InChI is InChI=1S/C21H32BrNSSi/c1-8-23(19-13(2)11-17(22)12-14(19)3)25(6,7)21-16(5)15(4)18-9-10-24-20(18)21/h9-12,15-16,18,20-21H,8H2,1-7H3. The van der Waals surface area contributed by atoms with Crippen LogP contribution in [0.15, 0.2) is 28.1 Å². The largest absolute Gasteiger partial charge is 0.397 e. The molecule has 1 saturated carbocycles. The Kier molecular flexibility index (Phi) is 5.54. The zero-order chi connectivity index (χ0) is 18.5. The molecule has 3 rings (SSSR count). The summed E-state index contributed by atoms with van der Waals surface area (Å²) in [6.45, 7) is 18.2. The molecule has 1 aromatic rings. The van der Waals surface area contributed by atoms with Crippen LogP contribution in [-0.4, -0.2) is 20.0 Å². The number of hydrogen-bond acceptors (Lipinski definition) is 2. The number of benzene rings is 1. The van der Waals surface area contributed by atoms with Gasteiger partial charge in [-0.2, -0.15) is 0 Å². The Morgan fingerprint density at radius 1 is 1.12 bits per heavy atom. The number of anilines is 1. The molecular weight excluding hydrogens is 406 g/mol. The molecule has 5 atom stereocenters. The molecule has 0 saturated heterocycles. The first-order valence-electron chi connectivity index (χ1n) is 9.56. The molecule has 138 valence electrons. The van der Waals surface area contributed by atoms with Crippen LogP contribution in [0.3, 0.4) is 0 Å². The normalized spacial score (nSPS) is 31.4. The van der Waals surface area contributed by atoms with Crippen molar-refractivity contribution in [2.75, 3.05) is 11.1 Å². The van der Waals surface area contributed by atoms with Crippen LogP contribution in [0.1, 0.15) is 31.9 Å². The van der Waals surface area contributed by atoms with Crippen LogP contribution in [0.2, 0.25) is 18.6 Å². The highest BCUT2D eigenvalue weighted by atomic mass is 79.9. The monoisotopic (exact) mass is 437 g/mol. The number of allylic oxidation sites excluding steroid dienone is 1. The van der Waals surface area contributed by atoms with E-state index in [4.69, 9.17) is 0 Å². The minimum Gasteiger partial charge on any atom is -0.397 e. The summed E-state index contributed by atoms with van der Waals surface area (Å²) in [5.74, 6) is 2.39. The maximum atomic E-state index is 3.67. The molecule has 0 N–H and O–H groups in total. The third-order valence-corrected chi connectivity index (χ3v) is 13.2. The molecule has 5 unspecified atom stereocenters. The zero-order valence-corrected chi connectivity index (χ0v) is 20.0. The summed E-state index contributed by atoms with van der Waals surface area (Å²) in [4.78, 5) is 0. The second-order valence-electron chi connectivity index (χ2n) is 8.54. The fourth-order valence-electron chi connectivity index (χ4n) is 5.61. The van der Waals surface area contributed by atoms with Crippen LogP contribution in [0.25, 0.3) is 0 Å². The molecule has 1 aromatic carbocycles. The molecule has 1 aliphatic heterocycles. The Hall–Kier alpha value is -0.193. The van der Waals surface area contributed by atoms with E-state index in [1.54, 1.807) is 0 Å². The second-order valence-corrected chi connectivity index (χ2v) is 15.1. The van der Waals surface area contributed by atoms with Gasteiger partial charge in [0.2, 0.25) is 0 Å². The van der Waals surface area contributed by atoms with Crippen molar-refractivity contribution in [2.24, 2.45) is 17.8 Å². The van der Waals surface area contributed by atoms with Gasteiger partial charge in [0.05, 0.1) is 0 Å². The zero-order valence-electron chi connectivity index (χ0n) is 16.6. The van der Waals surface area contributed by atoms with Crippen LogP contribution < -0.4 is 4.57 Å². The van der Waals surface area contributed by atoms with E-state index in [1.807, 2.05) is 0 Å². The predicted molar refractivity (Wildman–Crippen MR) is 120 cm³/mol. The maximum absolute atomic E-state index is 3.67. The Morgan fingerprint density at radius 2 is 1.72 bits per heavy atom. The number of aryl methyl sites for hydroxylation is 2. The molecular formula is C21H32BrNSSi. The Morgan fingerprint density at radius 3 is 2.28 bits per heavy atom. The first kappa shape index (κ1) is 19.6. The van der Waals surface area contributed by atoms with Crippen molar-refractivity contribution in [1.29, 1.82) is 0 Å². The molecule has 1 heterocycles. The maximum Gasteiger partial charge on any atom is 0.154 e. The van der Waals surface area contributed by atoms with Crippen LogP contribution in [0, 0.1) is 31.6 Å². The van der Waals surface area contributed by atoms with Crippen molar-refractivity contribution in [3.05, 3.63) is 39.2 Å². The minimum atomic E-state index is -1.65. The molecule has 0 amide bonds. The van der Waals surface area contributed by atoms with Crippen molar-refractivity contribution < 1.29 is 0 Å². The van der Waals surface area contributed by atoms with Crippen molar-refractivity contribution in [3.8, 4) is 0 Å². The minimum absolute atomic E-state index is 0.780. The molecule has 1 nitrogen and oxygen atoms in total. The Balaban J connectivity index is 2.03. The topological polar surface area (TPSA) is 3.24 Å². The highest BCUT2D eigenvalue weighted by Gasteiger charge is 2.55. The molecule has 0 spiro atoms. The number of halogens is 1. The molecule has 0 radical (unpaired) electrons. The Labute approximate surface area is 167 Å². The summed E-state index contributed by atoms with van der Waals surface area (Å²) in [5, 5.41) is 3.17. The lowest BCUT2D eigenvalue weighted by Gasteiger charge is -2.47. The van der Waals surface area contributed by atoms with E-state index in [0.29, 0.717) is 0 Å². The van der Waals surface area contributed by atoms with Gasteiger partial charge in [-0.25, -0.2) is 0 Å². The molecule has 2 aliphatic rings. The first-order valence-corrected chi connectivity index (χ1v) is 14.3. The van der Waals surface area contributed by atoms with Crippen LogP contribution in [-0.2, 0) is 0 Å². The predicted octanol–water partition coefficient (Wildman–Crippen LogP) is 7.00. The Bertz CT molecular complexity index is 663. The van der Waals surface area contributed by atoms with Gasteiger partial charge in [0.1, 0.15) is 0 Å². The number of fused-ring (bicyclic) bond motifs is 1. The summed E-state index contributed by atoms with van der Waals surface area (Å²) in [7, 11) is -1.65. The van der Waals surface area contributed by atoms with Gasteiger partial charge >= 0.3 is 0 Å².